The van der Waals surface area contributed by atoms with E-state index >= 15 is 0 Å². The number of anilines is 1. The van der Waals surface area contributed by atoms with Crippen LogP contribution >= 0.6 is 15.9 Å². The van der Waals surface area contributed by atoms with Crippen molar-refractivity contribution in [3.8, 4) is 0 Å². The van der Waals surface area contributed by atoms with Crippen LogP contribution in [-0.2, 0) is 4.79 Å². The molecular formula is C19H18BrN3O2. The van der Waals surface area contributed by atoms with Crippen molar-refractivity contribution in [2.75, 3.05) is 5.32 Å². The Balaban J connectivity index is 1.89. The zero-order valence-corrected chi connectivity index (χ0v) is 15.3. The van der Waals surface area contributed by atoms with Crippen LogP contribution in [0, 0.1) is 12.8 Å². The molecule has 3 rings (SSSR count). The van der Waals surface area contributed by atoms with Crippen molar-refractivity contribution < 1.29 is 9.59 Å². The summed E-state index contributed by atoms with van der Waals surface area (Å²) in [5, 5.41) is 8.33. The smallest absolute Gasteiger partial charge is 0.319 e. The molecule has 2 aromatic rings. The monoisotopic (exact) mass is 399 g/mol. The second kappa shape index (κ2) is 7.11. The second-order valence-corrected chi connectivity index (χ2v) is 6.90. The van der Waals surface area contributed by atoms with Gasteiger partial charge >= 0.3 is 6.03 Å². The summed E-state index contributed by atoms with van der Waals surface area (Å²) in [6.45, 7) is 5.85. The van der Waals surface area contributed by atoms with Gasteiger partial charge < -0.3 is 16.0 Å². The number of aryl methyl sites for hydroxylation is 1. The van der Waals surface area contributed by atoms with Gasteiger partial charge in [0.15, 0.2) is 0 Å². The number of hydrogen-bond donors (Lipinski definition) is 3. The molecule has 3 amide bonds. The highest BCUT2D eigenvalue weighted by molar-refractivity contribution is 9.10. The van der Waals surface area contributed by atoms with E-state index in [0.29, 0.717) is 11.4 Å². The summed E-state index contributed by atoms with van der Waals surface area (Å²) >= 11 is 3.37. The molecule has 128 valence electrons. The number of carbonyl (C=O) groups is 2. The van der Waals surface area contributed by atoms with Gasteiger partial charge in [-0.3, -0.25) is 4.79 Å². The maximum Gasteiger partial charge on any atom is 0.319 e. The lowest BCUT2D eigenvalue weighted by molar-refractivity contribution is -0.119. The van der Waals surface area contributed by atoms with Crippen LogP contribution in [0.2, 0.25) is 0 Å². The SMILES string of the molecule is C=C1NC(=O)N[C@H](c2cccc(C)c2)[C@@H]1C(=O)Nc1ccc(Br)cc1. The molecule has 0 aliphatic carbocycles. The number of rotatable bonds is 3. The maximum atomic E-state index is 12.9. The van der Waals surface area contributed by atoms with E-state index in [1.54, 1.807) is 12.1 Å². The Morgan fingerprint density at radius 3 is 2.60 bits per heavy atom. The molecule has 0 bridgehead atoms. The Morgan fingerprint density at radius 1 is 1.20 bits per heavy atom. The van der Waals surface area contributed by atoms with E-state index in [1.807, 2.05) is 43.3 Å². The van der Waals surface area contributed by atoms with Crippen LogP contribution < -0.4 is 16.0 Å². The fourth-order valence-corrected chi connectivity index (χ4v) is 3.15. The average Bonchev–Trinajstić information content (AvgIpc) is 2.56. The fraction of sp³-hybridized carbons (Fsp3) is 0.158. The third-order valence-electron chi connectivity index (χ3n) is 4.06. The van der Waals surface area contributed by atoms with Crippen LogP contribution in [-0.4, -0.2) is 11.9 Å². The maximum absolute atomic E-state index is 12.9. The van der Waals surface area contributed by atoms with Crippen LogP contribution in [0.15, 0.2) is 65.3 Å². The van der Waals surface area contributed by atoms with Gasteiger partial charge in [0, 0.05) is 15.9 Å². The summed E-state index contributed by atoms with van der Waals surface area (Å²) in [5.74, 6) is -0.852. The standard InChI is InChI=1S/C19H18BrN3O2/c1-11-4-3-5-13(10-11)17-16(12(2)21-19(25)23-17)18(24)22-15-8-6-14(20)7-9-15/h3-10,16-17H,2H2,1H3,(H,22,24)(H2,21,23,25)/t16-,17-/m1/s1. The number of benzene rings is 2. The number of urea groups is 1. The normalized spacial score (nSPS) is 19.8. The van der Waals surface area contributed by atoms with Crippen LogP contribution in [0.4, 0.5) is 10.5 Å². The molecule has 1 aliphatic heterocycles. The van der Waals surface area contributed by atoms with Crippen molar-refractivity contribution in [3.05, 3.63) is 76.4 Å². The minimum Gasteiger partial charge on any atom is -0.330 e. The fourth-order valence-electron chi connectivity index (χ4n) is 2.89. The van der Waals surface area contributed by atoms with Gasteiger partial charge in [0.1, 0.15) is 5.92 Å². The molecule has 1 heterocycles. The van der Waals surface area contributed by atoms with Crippen molar-refractivity contribution in [1.29, 1.82) is 0 Å². The van der Waals surface area contributed by atoms with Gasteiger partial charge in [0.05, 0.1) is 6.04 Å². The molecule has 1 saturated heterocycles. The Morgan fingerprint density at radius 2 is 1.92 bits per heavy atom. The first-order valence-electron chi connectivity index (χ1n) is 7.83. The van der Waals surface area contributed by atoms with Gasteiger partial charge in [-0.25, -0.2) is 4.79 Å². The highest BCUT2D eigenvalue weighted by atomic mass is 79.9. The van der Waals surface area contributed by atoms with Gasteiger partial charge in [-0.15, -0.1) is 0 Å². The highest BCUT2D eigenvalue weighted by Gasteiger charge is 2.37. The van der Waals surface area contributed by atoms with Gasteiger partial charge in [-0.1, -0.05) is 52.3 Å². The molecular weight excluding hydrogens is 382 g/mol. The molecule has 0 aromatic heterocycles. The number of nitrogens with one attached hydrogen (secondary N) is 3. The molecule has 25 heavy (non-hydrogen) atoms. The Kier molecular flexibility index (Phi) is 4.90. The van der Waals surface area contributed by atoms with Gasteiger partial charge in [0.25, 0.3) is 0 Å². The third kappa shape index (κ3) is 3.91. The second-order valence-electron chi connectivity index (χ2n) is 5.99. The number of hydrogen-bond acceptors (Lipinski definition) is 2. The number of carbonyl (C=O) groups excluding carboxylic acids is 2. The van der Waals surface area contributed by atoms with Crippen molar-refractivity contribution in [3.63, 3.8) is 0 Å². The average molecular weight is 400 g/mol. The van der Waals surface area contributed by atoms with Crippen LogP contribution in [0.25, 0.3) is 0 Å². The molecule has 0 saturated carbocycles. The van der Waals surface area contributed by atoms with E-state index in [4.69, 9.17) is 0 Å². The first-order valence-corrected chi connectivity index (χ1v) is 8.62. The van der Waals surface area contributed by atoms with Crippen molar-refractivity contribution >= 4 is 33.6 Å². The van der Waals surface area contributed by atoms with Crippen molar-refractivity contribution in [2.45, 2.75) is 13.0 Å². The lowest BCUT2D eigenvalue weighted by atomic mass is 9.87. The van der Waals surface area contributed by atoms with Crippen LogP contribution in [0.1, 0.15) is 17.2 Å². The van der Waals surface area contributed by atoms with Crippen molar-refractivity contribution in [1.82, 2.24) is 10.6 Å². The van der Waals surface area contributed by atoms with E-state index < -0.39 is 12.0 Å². The number of halogens is 1. The van der Waals surface area contributed by atoms with E-state index in [-0.39, 0.29) is 11.9 Å². The Hall–Kier alpha value is -2.60. The first kappa shape index (κ1) is 17.2. The molecule has 0 radical (unpaired) electrons. The molecule has 1 aliphatic rings. The summed E-state index contributed by atoms with van der Waals surface area (Å²) in [6, 6.07) is 14.2. The van der Waals surface area contributed by atoms with E-state index in [0.717, 1.165) is 15.6 Å². The zero-order valence-electron chi connectivity index (χ0n) is 13.7. The minimum atomic E-state index is -0.622. The third-order valence-corrected chi connectivity index (χ3v) is 4.59. The van der Waals surface area contributed by atoms with Gasteiger partial charge in [-0.2, -0.15) is 0 Å². The highest BCUT2D eigenvalue weighted by Crippen LogP contribution is 2.31. The molecule has 0 unspecified atom stereocenters. The largest absolute Gasteiger partial charge is 0.330 e. The molecule has 1 fully saturated rings. The summed E-state index contributed by atoms with van der Waals surface area (Å²) in [4.78, 5) is 24.7. The van der Waals surface area contributed by atoms with Gasteiger partial charge in [0.2, 0.25) is 5.91 Å². The predicted octanol–water partition coefficient (Wildman–Crippen LogP) is 3.88. The molecule has 6 heteroatoms. The quantitative estimate of drug-likeness (QED) is 0.732. The summed E-state index contributed by atoms with van der Waals surface area (Å²) in [7, 11) is 0. The summed E-state index contributed by atoms with van der Waals surface area (Å²) < 4.78 is 0.930. The number of amides is 3. The molecule has 2 atom stereocenters. The Bertz CT molecular complexity index is 833. The summed E-state index contributed by atoms with van der Waals surface area (Å²) in [6.07, 6.45) is 0. The zero-order chi connectivity index (χ0) is 18.0. The predicted molar refractivity (Wildman–Crippen MR) is 101 cm³/mol. The van der Waals surface area contributed by atoms with Crippen molar-refractivity contribution in [2.24, 2.45) is 5.92 Å². The van der Waals surface area contributed by atoms with Crippen LogP contribution in [0.3, 0.4) is 0 Å². The summed E-state index contributed by atoms with van der Waals surface area (Å²) in [5.41, 5.74) is 2.99. The molecule has 3 N–H and O–H groups in total. The molecule has 5 nitrogen and oxygen atoms in total. The lowest BCUT2D eigenvalue weighted by Gasteiger charge is -2.34. The Labute approximate surface area is 154 Å². The van der Waals surface area contributed by atoms with E-state index in [9.17, 15) is 9.59 Å². The van der Waals surface area contributed by atoms with E-state index in [2.05, 4.69) is 38.5 Å². The van der Waals surface area contributed by atoms with Gasteiger partial charge in [-0.05, 0) is 36.8 Å². The first-order chi connectivity index (χ1) is 11.9. The minimum absolute atomic E-state index is 0.230. The topological polar surface area (TPSA) is 70.2 Å². The lowest BCUT2D eigenvalue weighted by Crippen LogP contribution is -2.51. The van der Waals surface area contributed by atoms with E-state index in [1.165, 1.54) is 0 Å². The molecule has 2 aromatic carbocycles. The molecule has 0 spiro atoms. The van der Waals surface area contributed by atoms with Crippen LogP contribution in [0.5, 0.6) is 0 Å².